The van der Waals surface area contributed by atoms with Crippen LogP contribution in [-0.4, -0.2) is 26.0 Å². The molecule has 0 bridgehead atoms. The molecule has 0 aliphatic carbocycles. The van der Waals surface area contributed by atoms with Crippen LogP contribution >= 0.6 is 11.6 Å². The van der Waals surface area contributed by atoms with Crippen LogP contribution in [0.1, 0.15) is 10.5 Å². The predicted molar refractivity (Wildman–Crippen MR) is 57.2 cm³/mol. The Labute approximate surface area is 99.7 Å². The van der Waals surface area contributed by atoms with Gasteiger partial charge in [-0.1, -0.05) is 17.7 Å². The predicted octanol–water partition coefficient (Wildman–Crippen LogP) is 2.07. The highest BCUT2D eigenvalue weighted by Gasteiger charge is 2.17. The molecule has 0 saturated heterocycles. The third-order valence-corrected chi connectivity index (χ3v) is 2.37. The average molecular weight is 257 g/mol. The molecule has 0 spiro atoms. The van der Waals surface area contributed by atoms with Crippen molar-refractivity contribution in [1.82, 2.24) is 9.78 Å². The summed E-state index contributed by atoms with van der Waals surface area (Å²) in [5, 5.41) is 21.4. The van der Waals surface area contributed by atoms with Gasteiger partial charge in [-0.05, 0) is 12.1 Å². The summed E-state index contributed by atoms with van der Waals surface area (Å²) in [7, 11) is 0. The van der Waals surface area contributed by atoms with Gasteiger partial charge in [0.2, 0.25) is 5.69 Å². The molecule has 0 amide bonds. The maximum atomic E-state index is 13.6. The van der Waals surface area contributed by atoms with Gasteiger partial charge in [-0.15, -0.1) is 0 Å². The second-order valence-corrected chi connectivity index (χ2v) is 3.59. The van der Waals surface area contributed by atoms with Crippen molar-refractivity contribution in [2.45, 2.75) is 0 Å². The van der Waals surface area contributed by atoms with E-state index in [1.165, 1.54) is 18.2 Å². The molecule has 0 fully saturated rings. The maximum Gasteiger partial charge on any atom is 0.360 e. The molecular formula is C10H6ClFN2O3. The Hall–Kier alpha value is -2.08. The van der Waals surface area contributed by atoms with Crippen molar-refractivity contribution in [2.24, 2.45) is 0 Å². The van der Waals surface area contributed by atoms with E-state index >= 15 is 0 Å². The lowest BCUT2D eigenvalue weighted by atomic mass is 10.3. The highest BCUT2D eigenvalue weighted by Crippen LogP contribution is 2.23. The first kappa shape index (κ1) is 11.4. The summed E-state index contributed by atoms with van der Waals surface area (Å²) in [6, 6.07) is 4.20. The number of aromatic nitrogens is 2. The zero-order valence-electron chi connectivity index (χ0n) is 8.26. The average Bonchev–Trinajstić information content (AvgIpc) is 2.64. The van der Waals surface area contributed by atoms with Crippen molar-refractivity contribution in [3.05, 3.63) is 40.9 Å². The van der Waals surface area contributed by atoms with Gasteiger partial charge in [-0.2, -0.15) is 5.10 Å². The monoisotopic (exact) mass is 256 g/mol. The summed E-state index contributed by atoms with van der Waals surface area (Å²) in [6.45, 7) is 0. The molecule has 17 heavy (non-hydrogen) atoms. The van der Waals surface area contributed by atoms with E-state index in [1.807, 2.05) is 0 Å². The third kappa shape index (κ3) is 1.94. The maximum absolute atomic E-state index is 13.6. The van der Waals surface area contributed by atoms with Crippen LogP contribution in [0.5, 0.6) is 5.75 Å². The number of halogens is 2. The Morgan fingerprint density at radius 1 is 1.47 bits per heavy atom. The SMILES string of the molecule is O=C(O)c1nn(-c2cccc(Cl)c2F)cc1O. The van der Waals surface area contributed by atoms with Gasteiger partial charge in [-0.25, -0.2) is 13.9 Å². The van der Waals surface area contributed by atoms with E-state index in [-0.39, 0.29) is 10.7 Å². The molecular weight excluding hydrogens is 251 g/mol. The van der Waals surface area contributed by atoms with Gasteiger partial charge < -0.3 is 10.2 Å². The molecule has 5 nitrogen and oxygen atoms in total. The lowest BCUT2D eigenvalue weighted by molar-refractivity contribution is 0.0687. The topological polar surface area (TPSA) is 75.3 Å². The fourth-order valence-electron chi connectivity index (χ4n) is 1.31. The van der Waals surface area contributed by atoms with E-state index < -0.39 is 23.2 Å². The summed E-state index contributed by atoms with van der Waals surface area (Å²) in [4.78, 5) is 10.7. The van der Waals surface area contributed by atoms with Crippen LogP contribution in [0, 0.1) is 5.82 Å². The summed E-state index contributed by atoms with van der Waals surface area (Å²) in [5.74, 6) is -2.69. The minimum absolute atomic E-state index is 0.0414. The highest BCUT2D eigenvalue weighted by atomic mass is 35.5. The van der Waals surface area contributed by atoms with Crippen molar-refractivity contribution in [3.63, 3.8) is 0 Å². The number of nitrogens with zero attached hydrogens (tertiary/aromatic N) is 2. The van der Waals surface area contributed by atoms with E-state index in [9.17, 15) is 14.3 Å². The van der Waals surface area contributed by atoms with Gasteiger partial charge >= 0.3 is 5.97 Å². The number of rotatable bonds is 2. The van der Waals surface area contributed by atoms with E-state index in [1.54, 1.807) is 0 Å². The number of hydrogen-bond donors (Lipinski definition) is 2. The minimum Gasteiger partial charge on any atom is -0.504 e. The lowest BCUT2D eigenvalue weighted by Gasteiger charge is -2.03. The molecule has 0 unspecified atom stereocenters. The van der Waals surface area contributed by atoms with E-state index in [0.717, 1.165) is 10.9 Å². The number of aromatic carboxylic acids is 1. The number of benzene rings is 1. The van der Waals surface area contributed by atoms with Crippen LogP contribution in [0.2, 0.25) is 5.02 Å². The van der Waals surface area contributed by atoms with Crippen LogP contribution in [0.3, 0.4) is 0 Å². The number of aromatic hydroxyl groups is 1. The molecule has 1 heterocycles. The minimum atomic E-state index is -1.40. The summed E-state index contributed by atoms with van der Waals surface area (Å²) >= 11 is 5.58. The highest BCUT2D eigenvalue weighted by molar-refractivity contribution is 6.30. The number of hydrogen-bond acceptors (Lipinski definition) is 3. The van der Waals surface area contributed by atoms with Crippen molar-refractivity contribution in [1.29, 1.82) is 0 Å². The van der Waals surface area contributed by atoms with Crippen molar-refractivity contribution >= 4 is 17.6 Å². The molecule has 88 valence electrons. The number of carbonyl (C=O) groups is 1. The van der Waals surface area contributed by atoms with E-state index in [0.29, 0.717) is 0 Å². The quantitative estimate of drug-likeness (QED) is 0.862. The Bertz CT molecular complexity index is 597. The molecule has 7 heteroatoms. The van der Waals surface area contributed by atoms with Gasteiger partial charge in [0.1, 0.15) is 5.69 Å². The summed E-state index contributed by atoms with van der Waals surface area (Å²) in [5.41, 5.74) is -0.593. The van der Waals surface area contributed by atoms with Crippen LogP contribution < -0.4 is 0 Å². The van der Waals surface area contributed by atoms with Gasteiger partial charge in [-0.3, -0.25) is 0 Å². The van der Waals surface area contributed by atoms with Gasteiger partial charge in [0, 0.05) is 0 Å². The van der Waals surface area contributed by atoms with Crippen LogP contribution in [0.25, 0.3) is 5.69 Å². The molecule has 0 radical (unpaired) electrons. The van der Waals surface area contributed by atoms with Gasteiger partial charge in [0.15, 0.2) is 11.6 Å². The zero-order valence-corrected chi connectivity index (χ0v) is 9.02. The second-order valence-electron chi connectivity index (χ2n) is 3.19. The van der Waals surface area contributed by atoms with E-state index in [4.69, 9.17) is 16.7 Å². The first-order chi connectivity index (χ1) is 8.00. The Kier molecular flexibility index (Phi) is 2.72. The molecule has 0 saturated carbocycles. The fraction of sp³-hybridized carbons (Fsp3) is 0. The van der Waals surface area contributed by atoms with Crippen LogP contribution in [0.15, 0.2) is 24.4 Å². The standard InChI is InChI=1S/C10H6ClFN2O3/c11-5-2-1-3-6(8(5)12)14-4-7(15)9(13-14)10(16)17/h1-4,15H,(H,16,17). The smallest absolute Gasteiger partial charge is 0.360 e. The van der Waals surface area contributed by atoms with Crippen LogP contribution in [0.4, 0.5) is 4.39 Å². The normalized spacial score (nSPS) is 10.5. The molecule has 0 aliphatic heterocycles. The van der Waals surface area contributed by atoms with Gasteiger partial charge in [0.05, 0.1) is 11.2 Å². The van der Waals surface area contributed by atoms with Crippen LogP contribution in [-0.2, 0) is 0 Å². The summed E-state index contributed by atoms with van der Waals surface area (Å²) < 4.78 is 14.5. The second kappa shape index (κ2) is 4.06. The van der Waals surface area contributed by atoms with Crippen molar-refractivity contribution in [3.8, 4) is 11.4 Å². The Morgan fingerprint density at radius 3 is 2.76 bits per heavy atom. The molecule has 1 aromatic heterocycles. The summed E-state index contributed by atoms with van der Waals surface area (Å²) in [6.07, 6.45) is 0.998. The Morgan fingerprint density at radius 2 is 2.18 bits per heavy atom. The van der Waals surface area contributed by atoms with Gasteiger partial charge in [0.25, 0.3) is 0 Å². The first-order valence-corrected chi connectivity index (χ1v) is 4.85. The van der Waals surface area contributed by atoms with Crippen molar-refractivity contribution < 1.29 is 19.4 Å². The number of carboxylic acid groups (broad SMARTS) is 1. The molecule has 2 N–H and O–H groups in total. The van der Waals surface area contributed by atoms with Crippen molar-refractivity contribution in [2.75, 3.05) is 0 Å². The first-order valence-electron chi connectivity index (χ1n) is 4.47. The molecule has 0 aliphatic rings. The third-order valence-electron chi connectivity index (χ3n) is 2.08. The lowest BCUT2D eigenvalue weighted by Crippen LogP contribution is -2.02. The largest absolute Gasteiger partial charge is 0.504 e. The fourth-order valence-corrected chi connectivity index (χ4v) is 1.48. The molecule has 2 rings (SSSR count). The molecule has 0 atom stereocenters. The number of carboxylic acids is 1. The molecule has 1 aromatic carbocycles. The zero-order chi connectivity index (χ0) is 12.6. The molecule has 2 aromatic rings. The Balaban J connectivity index is 2.58. The van der Waals surface area contributed by atoms with E-state index in [2.05, 4.69) is 5.10 Å².